The summed E-state index contributed by atoms with van der Waals surface area (Å²) in [5.74, 6) is 0.568. The Balaban J connectivity index is 1.28. The number of nitrogens with zero attached hydrogens (tertiary/aromatic N) is 3. The van der Waals surface area contributed by atoms with Crippen molar-refractivity contribution in [1.82, 2.24) is 9.80 Å². The highest BCUT2D eigenvalue weighted by Gasteiger charge is 2.20. The van der Waals surface area contributed by atoms with Crippen molar-refractivity contribution >= 4 is 22.6 Å². The first-order chi connectivity index (χ1) is 14.5. The van der Waals surface area contributed by atoms with E-state index in [4.69, 9.17) is 4.42 Å². The molecule has 0 radical (unpaired) electrons. The van der Waals surface area contributed by atoms with E-state index in [1.807, 2.05) is 30.1 Å². The van der Waals surface area contributed by atoms with Gasteiger partial charge in [0.1, 0.15) is 0 Å². The summed E-state index contributed by atoms with van der Waals surface area (Å²) in [7, 11) is 1.90. The predicted octanol–water partition coefficient (Wildman–Crippen LogP) is 4.45. The molecule has 1 amide bonds. The van der Waals surface area contributed by atoms with Gasteiger partial charge in [0.2, 0.25) is 0 Å². The number of para-hydroxylation sites is 1. The SMILES string of the molecule is CC(C)c1ccc(C(=O)N(C)CCN2CCN(c3cccc4ccoc34)CC2)cc1. The van der Waals surface area contributed by atoms with Crippen LogP contribution in [0.25, 0.3) is 11.0 Å². The summed E-state index contributed by atoms with van der Waals surface area (Å²) in [5.41, 5.74) is 4.17. The molecule has 5 heteroatoms. The molecule has 4 rings (SSSR count). The van der Waals surface area contributed by atoms with Crippen LogP contribution in [-0.4, -0.2) is 62.0 Å². The Morgan fingerprint density at radius 3 is 2.47 bits per heavy atom. The van der Waals surface area contributed by atoms with E-state index in [1.54, 1.807) is 6.26 Å². The molecule has 1 aliphatic heterocycles. The van der Waals surface area contributed by atoms with Crippen LogP contribution >= 0.6 is 0 Å². The third-order valence-electron chi connectivity index (χ3n) is 6.09. The fourth-order valence-corrected chi connectivity index (χ4v) is 4.06. The van der Waals surface area contributed by atoms with Gasteiger partial charge in [-0.15, -0.1) is 0 Å². The highest BCUT2D eigenvalue weighted by atomic mass is 16.3. The van der Waals surface area contributed by atoms with E-state index in [0.717, 1.165) is 55.8 Å². The van der Waals surface area contributed by atoms with Gasteiger partial charge in [0.15, 0.2) is 5.58 Å². The summed E-state index contributed by atoms with van der Waals surface area (Å²) < 4.78 is 5.70. The highest BCUT2D eigenvalue weighted by molar-refractivity contribution is 5.94. The molecule has 2 heterocycles. The molecule has 0 bridgehead atoms. The van der Waals surface area contributed by atoms with Crippen molar-refractivity contribution in [3.05, 3.63) is 65.9 Å². The molecule has 1 saturated heterocycles. The fraction of sp³-hybridized carbons (Fsp3) is 0.400. The Bertz CT molecular complexity index is 985. The molecule has 3 aromatic rings. The quantitative estimate of drug-likeness (QED) is 0.607. The number of hydrogen-bond acceptors (Lipinski definition) is 4. The molecule has 0 aliphatic carbocycles. The van der Waals surface area contributed by atoms with Crippen molar-refractivity contribution in [1.29, 1.82) is 0 Å². The van der Waals surface area contributed by atoms with Crippen LogP contribution in [0, 0.1) is 0 Å². The molecule has 0 spiro atoms. The first kappa shape index (κ1) is 20.5. The van der Waals surface area contributed by atoms with Crippen LogP contribution in [0.4, 0.5) is 5.69 Å². The van der Waals surface area contributed by atoms with Crippen LogP contribution in [0.5, 0.6) is 0 Å². The summed E-state index contributed by atoms with van der Waals surface area (Å²) in [6.45, 7) is 9.87. The van der Waals surface area contributed by atoms with E-state index in [0.29, 0.717) is 5.92 Å². The van der Waals surface area contributed by atoms with Crippen molar-refractivity contribution in [2.24, 2.45) is 0 Å². The van der Waals surface area contributed by atoms with Gasteiger partial charge in [-0.05, 0) is 35.7 Å². The monoisotopic (exact) mass is 405 g/mol. The van der Waals surface area contributed by atoms with Crippen molar-refractivity contribution in [3.8, 4) is 0 Å². The molecule has 0 unspecified atom stereocenters. The van der Waals surface area contributed by atoms with E-state index in [2.05, 4.69) is 54.0 Å². The average Bonchev–Trinajstić information content (AvgIpc) is 3.26. The smallest absolute Gasteiger partial charge is 0.253 e. The zero-order valence-corrected chi connectivity index (χ0v) is 18.2. The summed E-state index contributed by atoms with van der Waals surface area (Å²) in [6, 6.07) is 16.3. The molecule has 0 N–H and O–H groups in total. The predicted molar refractivity (Wildman–Crippen MR) is 122 cm³/mol. The lowest BCUT2D eigenvalue weighted by Gasteiger charge is -2.36. The Hall–Kier alpha value is -2.79. The molecule has 1 aromatic heterocycles. The molecule has 1 aliphatic rings. The number of benzene rings is 2. The molecular weight excluding hydrogens is 374 g/mol. The third-order valence-corrected chi connectivity index (χ3v) is 6.09. The Kier molecular flexibility index (Phi) is 6.09. The van der Waals surface area contributed by atoms with Gasteiger partial charge in [-0.25, -0.2) is 0 Å². The number of carbonyl (C=O) groups excluding carboxylic acids is 1. The van der Waals surface area contributed by atoms with E-state index in [-0.39, 0.29) is 5.91 Å². The zero-order chi connectivity index (χ0) is 21.1. The maximum Gasteiger partial charge on any atom is 0.253 e. The van der Waals surface area contributed by atoms with Crippen LogP contribution in [-0.2, 0) is 0 Å². The van der Waals surface area contributed by atoms with Gasteiger partial charge < -0.3 is 14.2 Å². The van der Waals surface area contributed by atoms with Gasteiger partial charge in [-0.2, -0.15) is 0 Å². The normalized spacial score (nSPS) is 15.1. The molecule has 5 nitrogen and oxygen atoms in total. The van der Waals surface area contributed by atoms with Crippen molar-refractivity contribution < 1.29 is 9.21 Å². The maximum atomic E-state index is 12.7. The lowest BCUT2D eigenvalue weighted by molar-refractivity contribution is 0.0776. The second-order valence-electron chi connectivity index (χ2n) is 8.45. The number of carbonyl (C=O) groups is 1. The number of fused-ring (bicyclic) bond motifs is 1. The lowest BCUT2D eigenvalue weighted by Crippen LogP contribution is -2.48. The van der Waals surface area contributed by atoms with Gasteiger partial charge in [0.25, 0.3) is 5.91 Å². The minimum atomic E-state index is 0.0911. The average molecular weight is 406 g/mol. The second kappa shape index (κ2) is 8.92. The highest BCUT2D eigenvalue weighted by Crippen LogP contribution is 2.28. The van der Waals surface area contributed by atoms with Crippen molar-refractivity contribution in [3.63, 3.8) is 0 Å². The summed E-state index contributed by atoms with van der Waals surface area (Å²) in [4.78, 5) is 19.4. The number of rotatable bonds is 6. The van der Waals surface area contributed by atoms with Crippen LogP contribution in [0.15, 0.2) is 59.2 Å². The van der Waals surface area contributed by atoms with Gasteiger partial charge in [-0.1, -0.05) is 38.1 Å². The van der Waals surface area contributed by atoms with Crippen LogP contribution in [0.3, 0.4) is 0 Å². The number of piperazine rings is 1. The summed E-state index contributed by atoms with van der Waals surface area (Å²) in [5, 5.41) is 1.15. The van der Waals surface area contributed by atoms with E-state index in [1.165, 1.54) is 11.3 Å². The van der Waals surface area contributed by atoms with E-state index in [9.17, 15) is 4.79 Å². The standard InChI is InChI=1S/C25H31N3O2/c1-19(2)20-7-9-22(10-8-20)25(29)26(3)12-13-27-14-16-28(17-15-27)23-6-4-5-21-11-18-30-24(21)23/h4-11,18-19H,12-17H2,1-3H3. The molecule has 2 aromatic carbocycles. The Labute approximate surface area is 178 Å². The number of amides is 1. The Morgan fingerprint density at radius 2 is 1.77 bits per heavy atom. The molecule has 0 saturated carbocycles. The molecular formula is C25H31N3O2. The molecule has 0 atom stereocenters. The minimum absolute atomic E-state index is 0.0911. The van der Waals surface area contributed by atoms with Gasteiger partial charge in [-0.3, -0.25) is 9.69 Å². The number of likely N-dealkylation sites (N-methyl/N-ethyl adjacent to an activating group) is 1. The molecule has 1 fully saturated rings. The summed E-state index contributed by atoms with van der Waals surface area (Å²) >= 11 is 0. The van der Waals surface area contributed by atoms with Crippen molar-refractivity contribution in [2.75, 3.05) is 51.2 Å². The van der Waals surface area contributed by atoms with Crippen LogP contribution in [0.1, 0.15) is 35.7 Å². The Morgan fingerprint density at radius 1 is 1.03 bits per heavy atom. The molecule has 30 heavy (non-hydrogen) atoms. The van der Waals surface area contributed by atoms with Gasteiger partial charge in [0.05, 0.1) is 12.0 Å². The zero-order valence-electron chi connectivity index (χ0n) is 18.2. The fourth-order valence-electron chi connectivity index (χ4n) is 4.06. The topological polar surface area (TPSA) is 39.9 Å². The minimum Gasteiger partial charge on any atom is -0.462 e. The second-order valence-corrected chi connectivity index (χ2v) is 8.45. The largest absolute Gasteiger partial charge is 0.462 e. The van der Waals surface area contributed by atoms with Crippen LogP contribution in [0.2, 0.25) is 0 Å². The number of furan rings is 1. The maximum absolute atomic E-state index is 12.7. The van der Waals surface area contributed by atoms with E-state index >= 15 is 0 Å². The van der Waals surface area contributed by atoms with E-state index < -0.39 is 0 Å². The third kappa shape index (κ3) is 4.36. The summed E-state index contributed by atoms with van der Waals surface area (Å²) in [6.07, 6.45) is 1.76. The van der Waals surface area contributed by atoms with Gasteiger partial charge >= 0.3 is 0 Å². The lowest BCUT2D eigenvalue weighted by atomic mass is 10.0. The van der Waals surface area contributed by atoms with Crippen LogP contribution < -0.4 is 4.90 Å². The first-order valence-corrected chi connectivity index (χ1v) is 10.8. The first-order valence-electron chi connectivity index (χ1n) is 10.8. The van der Waals surface area contributed by atoms with Crippen molar-refractivity contribution in [2.45, 2.75) is 19.8 Å². The molecule has 158 valence electrons. The van der Waals surface area contributed by atoms with Gasteiger partial charge in [0, 0.05) is 57.3 Å². The number of anilines is 1. The number of hydrogen-bond donors (Lipinski definition) is 0.